The predicted octanol–water partition coefficient (Wildman–Crippen LogP) is 3.67. The van der Waals surface area contributed by atoms with E-state index in [1.807, 2.05) is 19.1 Å². The van der Waals surface area contributed by atoms with Gasteiger partial charge in [0.2, 0.25) is 5.91 Å². The summed E-state index contributed by atoms with van der Waals surface area (Å²) >= 11 is 1.37. The van der Waals surface area contributed by atoms with Gasteiger partial charge in [-0.2, -0.15) is 5.26 Å². The number of aromatic nitrogens is 4. The first-order chi connectivity index (χ1) is 13.7. The summed E-state index contributed by atoms with van der Waals surface area (Å²) in [6.45, 7) is 1.82. The molecule has 7 nitrogen and oxygen atoms in total. The minimum atomic E-state index is -0.393. The van der Waals surface area contributed by atoms with Crippen molar-refractivity contribution in [2.75, 3.05) is 5.32 Å². The van der Waals surface area contributed by atoms with Gasteiger partial charge in [-0.1, -0.05) is 23.9 Å². The molecule has 140 valence electrons. The van der Waals surface area contributed by atoms with Gasteiger partial charge in [0, 0.05) is 24.0 Å². The van der Waals surface area contributed by atoms with Gasteiger partial charge in [-0.3, -0.25) is 14.3 Å². The zero-order valence-electron chi connectivity index (χ0n) is 15.2. The Bertz CT molecular complexity index is 1040. The third-order valence-corrected chi connectivity index (χ3v) is 5.51. The van der Waals surface area contributed by atoms with E-state index in [9.17, 15) is 10.1 Å². The second kappa shape index (κ2) is 7.82. The molecule has 4 rings (SSSR count). The number of carbonyl (C=O) groups is 1. The van der Waals surface area contributed by atoms with Gasteiger partial charge in [0.15, 0.2) is 11.0 Å². The highest BCUT2D eigenvalue weighted by atomic mass is 32.2. The van der Waals surface area contributed by atoms with Gasteiger partial charge in [-0.25, -0.2) is 0 Å². The van der Waals surface area contributed by atoms with Crippen LogP contribution >= 0.6 is 11.8 Å². The Labute approximate surface area is 166 Å². The van der Waals surface area contributed by atoms with E-state index in [0.717, 1.165) is 29.4 Å². The molecule has 1 aliphatic carbocycles. The summed E-state index contributed by atoms with van der Waals surface area (Å²) in [5, 5.41) is 21.0. The van der Waals surface area contributed by atoms with Crippen LogP contribution in [0.25, 0.3) is 11.4 Å². The lowest BCUT2D eigenvalue weighted by atomic mass is 10.2. The number of amides is 1. The molecule has 0 spiro atoms. The SMILES string of the molecule is C[C@@H](Sc1nnc(-c2cccnc2)n1C1CC1)C(=O)Nc1ccccc1C#N. The summed E-state index contributed by atoms with van der Waals surface area (Å²) in [5.41, 5.74) is 1.86. The third-order valence-electron chi connectivity index (χ3n) is 4.45. The maximum atomic E-state index is 12.6. The van der Waals surface area contributed by atoms with Crippen molar-refractivity contribution in [3.05, 3.63) is 54.4 Å². The number of nitrogens with one attached hydrogen (secondary N) is 1. The number of para-hydroxylation sites is 1. The molecule has 1 fully saturated rings. The van der Waals surface area contributed by atoms with Gasteiger partial charge >= 0.3 is 0 Å². The first-order valence-corrected chi connectivity index (χ1v) is 9.87. The maximum absolute atomic E-state index is 12.6. The van der Waals surface area contributed by atoms with Crippen LogP contribution in [0.1, 0.15) is 31.4 Å². The molecule has 28 heavy (non-hydrogen) atoms. The Kier molecular flexibility index (Phi) is 5.08. The van der Waals surface area contributed by atoms with E-state index in [0.29, 0.717) is 17.3 Å². The summed E-state index contributed by atoms with van der Waals surface area (Å²) in [5.74, 6) is 0.599. The number of rotatable bonds is 6. The van der Waals surface area contributed by atoms with Crippen LogP contribution in [0.15, 0.2) is 53.9 Å². The van der Waals surface area contributed by atoms with Crippen LogP contribution in [0.4, 0.5) is 5.69 Å². The molecule has 3 aromatic rings. The quantitative estimate of drug-likeness (QED) is 0.645. The van der Waals surface area contributed by atoms with Gasteiger partial charge in [-0.15, -0.1) is 10.2 Å². The molecule has 2 heterocycles. The normalized spacial score (nSPS) is 14.3. The number of hydrogen-bond donors (Lipinski definition) is 1. The molecule has 1 atom stereocenters. The molecular weight excluding hydrogens is 372 g/mol. The lowest BCUT2D eigenvalue weighted by molar-refractivity contribution is -0.115. The van der Waals surface area contributed by atoms with Crippen LogP contribution in [0.3, 0.4) is 0 Å². The Morgan fingerprint density at radius 2 is 2.11 bits per heavy atom. The summed E-state index contributed by atoms with van der Waals surface area (Å²) in [4.78, 5) is 16.8. The first kappa shape index (κ1) is 18.2. The lowest BCUT2D eigenvalue weighted by Gasteiger charge is -2.14. The minimum Gasteiger partial charge on any atom is -0.324 e. The molecule has 1 saturated carbocycles. The fraction of sp³-hybridized carbons (Fsp3) is 0.250. The zero-order valence-corrected chi connectivity index (χ0v) is 16.1. The molecule has 8 heteroatoms. The number of nitriles is 1. The van der Waals surface area contributed by atoms with E-state index in [1.165, 1.54) is 11.8 Å². The Hall–Kier alpha value is -3.18. The van der Waals surface area contributed by atoms with Crippen LogP contribution in [0, 0.1) is 11.3 Å². The van der Waals surface area contributed by atoms with Crippen LogP contribution in [0.2, 0.25) is 0 Å². The number of hydrogen-bond acceptors (Lipinski definition) is 6. The van der Waals surface area contributed by atoms with Crippen molar-refractivity contribution in [3.63, 3.8) is 0 Å². The Morgan fingerprint density at radius 1 is 1.29 bits per heavy atom. The highest BCUT2D eigenvalue weighted by molar-refractivity contribution is 8.00. The van der Waals surface area contributed by atoms with Crippen LogP contribution < -0.4 is 5.32 Å². The number of thioether (sulfide) groups is 1. The van der Waals surface area contributed by atoms with Crippen molar-refractivity contribution in [2.24, 2.45) is 0 Å². The Balaban J connectivity index is 1.53. The number of pyridine rings is 1. The fourth-order valence-corrected chi connectivity index (χ4v) is 3.77. The van der Waals surface area contributed by atoms with E-state index in [4.69, 9.17) is 0 Å². The smallest absolute Gasteiger partial charge is 0.237 e. The predicted molar refractivity (Wildman–Crippen MR) is 107 cm³/mol. The first-order valence-electron chi connectivity index (χ1n) is 8.99. The number of carbonyl (C=O) groups excluding carboxylic acids is 1. The molecule has 0 saturated heterocycles. The van der Waals surface area contributed by atoms with E-state index < -0.39 is 5.25 Å². The van der Waals surface area contributed by atoms with Crippen molar-refractivity contribution >= 4 is 23.4 Å². The summed E-state index contributed by atoms with van der Waals surface area (Å²) in [6.07, 6.45) is 5.65. The molecule has 0 unspecified atom stereocenters. The largest absolute Gasteiger partial charge is 0.324 e. The minimum absolute atomic E-state index is 0.180. The maximum Gasteiger partial charge on any atom is 0.237 e. The highest BCUT2D eigenvalue weighted by Crippen LogP contribution is 2.41. The highest BCUT2D eigenvalue weighted by Gasteiger charge is 2.31. The number of anilines is 1. The van der Waals surface area contributed by atoms with Gasteiger partial charge in [-0.05, 0) is 44.0 Å². The average molecular weight is 390 g/mol. The third kappa shape index (κ3) is 3.75. The van der Waals surface area contributed by atoms with Gasteiger partial charge in [0.1, 0.15) is 6.07 Å². The van der Waals surface area contributed by atoms with E-state index in [1.54, 1.807) is 36.7 Å². The molecule has 2 aromatic heterocycles. The molecule has 0 bridgehead atoms. The second-order valence-electron chi connectivity index (χ2n) is 6.56. The Morgan fingerprint density at radius 3 is 2.82 bits per heavy atom. The number of nitrogens with zero attached hydrogens (tertiary/aromatic N) is 5. The van der Waals surface area contributed by atoms with Crippen LogP contribution in [0.5, 0.6) is 0 Å². The average Bonchev–Trinajstić information content (AvgIpc) is 3.49. The summed E-state index contributed by atoms with van der Waals surface area (Å²) in [6, 6.07) is 13.2. The van der Waals surface area contributed by atoms with Gasteiger partial charge in [0.25, 0.3) is 0 Å². The van der Waals surface area contributed by atoms with Crippen LogP contribution in [-0.2, 0) is 4.79 Å². The van der Waals surface area contributed by atoms with Gasteiger partial charge < -0.3 is 5.32 Å². The second-order valence-corrected chi connectivity index (χ2v) is 7.86. The topological polar surface area (TPSA) is 96.5 Å². The molecule has 0 aliphatic heterocycles. The molecule has 0 radical (unpaired) electrons. The van der Waals surface area contributed by atoms with E-state index in [2.05, 4.69) is 31.1 Å². The molecule has 1 amide bonds. The summed E-state index contributed by atoms with van der Waals surface area (Å²) < 4.78 is 2.11. The van der Waals surface area contributed by atoms with Crippen molar-refractivity contribution < 1.29 is 4.79 Å². The van der Waals surface area contributed by atoms with Crippen molar-refractivity contribution in [3.8, 4) is 17.5 Å². The molecular formula is C20H18N6OS. The molecule has 1 N–H and O–H groups in total. The van der Waals surface area contributed by atoms with Gasteiger partial charge in [0.05, 0.1) is 16.5 Å². The van der Waals surface area contributed by atoms with E-state index in [-0.39, 0.29) is 5.91 Å². The molecule has 1 aliphatic rings. The lowest BCUT2D eigenvalue weighted by Crippen LogP contribution is -2.23. The monoisotopic (exact) mass is 390 g/mol. The zero-order chi connectivity index (χ0) is 19.5. The van der Waals surface area contributed by atoms with Crippen molar-refractivity contribution in [1.29, 1.82) is 5.26 Å². The van der Waals surface area contributed by atoms with Crippen LogP contribution in [-0.4, -0.2) is 30.9 Å². The number of benzene rings is 1. The van der Waals surface area contributed by atoms with Crippen molar-refractivity contribution in [2.45, 2.75) is 36.2 Å². The fourth-order valence-electron chi connectivity index (χ4n) is 2.85. The van der Waals surface area contributed by atoms with E-state index >= 15 is 0 Å². The standard InChI is InChI=1S/C20H18N6OS/c1-13(19(27)23-17-7-3-2-5-14(17)11-21)28-20-25-24-18(26(20)16-8-9-16)15-6-4-10-22-12-15/h2-7,10,12-13,16H,8-9H2,1H3,(H,23,27)/t13-/m1/s1. The van der Waals surface area contributed by atoms with Crippen molar-refractivity contribution in [1.82, 2.24) is 19.7 Å². The summed E-state index contributed by atoms with van der Waals surface area (Å²) in [7, 11) is 0. The molecule has 1 aromatic carbocycles.